The number of guanidine groups is 1. The van der Waals surface area contributed by atoms with E-state index in [0.717, 1.165) is 5.56 Å². The van der Waals surface area contributed by atoms with Crippen molar-refractivity contribution in [1.29, 1.82) is 0 Å². The molecule has 0 aromatic carbocycles. The van der Waals surface area contributed by atoms with E-state index in [4.69, 9.17) is 11.5 Å². The van der Waals surface area contributed by atoms with E-state index in [2.05, 4.69) is 15.5 Å². The number of aromatic nitrogens is 1. The molecular formula is C7H11N5. The first-order valence-electron chi connectivity index (χ1n) is 3.49. The second-order valence-electron chi connectivity index (χ2n) is 2.23. The third kappa shape index (κ3) is 2.87. The molecule has 1 aromatic heterocycles. The van der Waals surface area contributed by atoms with E-state index in [0.29, 0.717) is 6.54 Å². The molecule has 0 radical (unpaired) electrons. The van der Waals surface area contributed by atoms with Gasteiger partial charge in [-0.2, -0.15) is 0 Å². The van der Waals surface area contributed by atoms with Crippen molar-refractivity contribution in [2.75, 3.05) is 0 Å². The van der Waals surface area contributed by atoms with Gasteiger partial charge in [-0.05, 0) is 17.7 Å². The van der Waals surface area contributed by atoms with Crippen LogP contribution in [0.5, 0.6) is 0 Å². The highest BCUT2D eigenvalue weighted by atomic mass is 15.3. The zero-order chi connectivity index (χ0) is 8.81. The minimum atomic E-state index is 0.0315. The molecule has 5 nitrogen and oxygen atoms in total. The predicted molar refractivity (Wildman–Crippen MR) is 46.9 cm³/mol. The van der Waals surface area contributed by atoms with Crippen LogP contribution in [0.2, 0.25) is 0 Å². The van der Waals surface area contributed by atoms with Crippen molar-refractivity contribution in [2.45, 2.75) is 6.54 Å². The number of hydrazone groups is 1. The van der Waals surface area contributed by atoms with E-state index < -0.39 is 0 Å². The molecule has 0 saturated carbocycles. The van der Waals surface area contributed by atoms with Crippen LogP contribution in [0.15, 0.2) is 29.6 Å². The maximum absolute atomic E-state index is 5.11. The Morgan fingerprint density at radius 1 is 1.42 bits per heavy atom. The summed E-state index contributed by atoms with van der Waals surface area (Å²) in [5.41, 5.74) is 14.0. The SMILES string of the molecule is NC(N)=NNCc1ccncc1. The number of nitrogens with one attached hydrogen (secondary N) is 1. The Balaban J connectivity index is 2.39. The summed E-state index contributed by atoms with van der Waals surface area (Å²) < 4.78 is 0. The summed E-state index contributed by atoms with van der Waals surface area (Å²) >= 11 is 0. The minimum absolute atomic E-state index is 0.0315. The predicted octanol–water partition coefficient (Wildman–Crippen LogP) is -0.640. The highest BCUT2D eigenvalue weighted by Gasteiger charge is 1.87. The van der Waals surface area contributed by atoms with Gasteiger partial charge in [0.25, 0.3) is 0 Å². The molecule has 5 heteroatoms. The van der Waals surface area contributed by atoms with Gasteiger partial charge >= 0.3 is 0 Å². The first-order valence-corrected chi connectivity index (χ1v) is 3.49. The number of pyridine rings is 1. The third-order valence-corrected chi connectivity index (χ3v) is 1.24. The fraction of sp³-hybridized carbons (Fsp3) is 0.143. The summed E-state index contributed by atoms with van der Waals surface area (Å²) in [5, 5.41) is 3.62. The number of nitrogens with zero attached hydrogens (tertiary/aromatic N) is 2. The van der Waals surface area contributed by atoms with Crippen LogP contribution < -0.4 is 16.9 Å². The van der Waals surface area contributed by atoms with Gasteiger partial charge in [0.1, 0.15) is 0 Å². The summed E-state index contributed by atoms with van der Waals surface area (Å²) in [6, 6.07) is 3.77. The second kappa shape index (κ2) is 4.17. The van der Waals surface area contributed by atoms with Crippen molar-refractivity contribution >= 4 is 5.96 Å². The minimum Gasteiger partial charge on any atom is -0.369 e. The zero-order valence-electron chi connectivity index (χ0n) is 6.57. The molecule has 1 rings (SSSR count). The highest BCUT2D eigenvalue weighted by molar-refractivity contribution is 5.75. The van der Waals surface area contributed by atoms with Crippen LogP contribution in [0, 0.1) is 0 Å². The molecule has 0 atom stereocenters. The van der Waals surface area contributed by atoms with Crippen molar-refractivity contribution in [3.8, 4) is 0 Å². The van der Waals surface area contributed by atoms with Crippen molar-refractivity contribution in [3.05, 3.63) is 30.1 Å². The fourth-order valence-corrected chi connectivity index (χ4v) is 0.723. The first-order chi connectivity index (χ1) is 5.79. The fourth-order valence-electron chi connectivity index (χ4n) is 0.723. The smallest absolute Gasteiger partial charge is 0.208 e. The van der Waals surface area contributed by atoms with Crippen molar-refractivity contribution in [2.24, 2.45) is 16.6 Å². The average Bonchev–Trinajstić information content (AvgIpc) is 2.05. The summed E-state index contributed by atoms with van der Waals surface area (Å²) in [6.07, 6.45) is 3.43. The molecule has 12 heavy (non-hydrogen) atoms. The Hall–Kier alpha value is -1.78. The Morgan fingerprint density at radius 2 is 2.08 bits per heavy atom. The van der Waals surface area contributed by atoms with E-state index in [9.17, 15) is 0 Å². The first kappa shape index (κ1) is 8.32. The average molecular weight is 165 g/mol. The lowest BCUT2D eigenvalue weighted by molar-refractivity contribution is 0.740. The molecule has 0 unspecified atom stereocenters. The molecule has 0 bridgehead atoms. The standard InChI is InChI=1S/C7H11N5/c8-7(9)12-11-5-6-1-3-10-4-2-6/h1-4,11H,5H2,(H4,8,9,12). The highest BCUT2D eigenvalue weighted by Crippen LogP contribution is 1.93. The van der Waals surface area contributed by atoms with Crippen LogP contribution in [0.1, 0.15) is 5.56 Å². The van der Waals surface area contributed by atoms with Crippen LogP contribution in [0.3, 0.4) is 0 Å². The molecule has 0 aliphatic heterocycles. The van der Waals surface area contributed by atoms with Crippen LogP contribution in [-0.4, -0.2) is 10.9 Å². The molecule has 0 aliphatic carbocycles. The third-order valence-electron chi connectivity index (χ3n) is 1.24. The van der Waals surface area contributed by atoms with E-state index in [1.165, 1.54) is 0 Å². The molecule has 64 valence electrons. The maximum Gasteiger partial charge on any atom is 0.208 e. The van der Waals surface area contributed by atoms with E-state index in [1.54, 1.807) is 12.4 Å². The number of hydrogen-bond donors (Lipinski definition) is 3. The quantitative estimate of drug-likeness (QED) is 0.316. The summed E-state index contributed by atoms with van der Waals surface area (Å²) in [6.45, 7) is 0.598. The Morgan fingerprint density at radius 3 is 2.67 bits per heavy atom. The monoisotopic (exact) mass is 165 g/mol. The molecule has 0 saturated heterocycles. The van der Waals surface area contributed by atoms with Crippen LogP contribution in [0.4, 0.5) is 0 Å². The van der Waals surface area contributed by atoms with Gasteiger partial charge in [0, 0.05) is 12.4 Å². The van der Waals surface area contributed by atoms with Gasteiger partial charge < -0.3 is 16.9 Å². The zero-order valence-corrected chi connectivity index (χ0v) is 6.57. The van der Waals surface area contributed by atoms with Crippen LogP contribution in [0.25, 0.3) is 0 Å². The van der Waals surface area contributed by atoms with Gasteiger partial charge in [-0.25, -0.2) is 0 Å². The lowest BCUT2D eigenvalue weighted by Gasteiger charge is -1.99. The summed E-state index contributed by atoms with van der Waals surface area (Å²) in [4.78, 5) is 3.88. The summed E-state index contributed by atoms with van der Waals surface area (Å²) in [5.74, 6) is 0.0315. The molecular weight excluding hydrogens is 154 g/mol. The summed E-state index contributed by atoms with van der Waals surface area (Å²) in [7, 11) is 0. The van der Waals surface area contributed by atoms with Crippen molar-refractivity contribution in [3.63, 3.8) is 0 Å². The molecule has 1 heterocycles. The van der Waals surface area contributed by atoms with E-state index in [-0.39, 0.29) is 5.96 Å². The molecule has 5 N–H and O–H groups in total. The molecule has 0 spiro atoms. The Kier molecular flexibility index (Phi) is 2.89. The largest absolute Gasteiger partial charge is 0.369 e. The molecule has 0 amide bonds. The molecule has 0 aliphatic rings. The van der Waals surface area contributed by atoms with Gasteiger partial charge in [-0.3, -0.25) is 4.98 Å². The number of nitrogens with two attached hydrogens (primary N) is 2. The topological polar surface area (TPSA) is 89.3 Å². The van der Waals surface area contributed by atoms with Gasteiger partial charge in [0.05, 0.1) is 6.54 Å². The number of hydrogen-bond acceptors (Lipinski definition) is 3. The second-order valence-corrected chi connectivity index (χ2v) is 2.23. The Labute approximate surface area is 70.5 Å². The van der Waals surface area contributed by atoms with Crippen molar-refractivity contribution < 1.29 is 0 Å². The molecule has 0 fully saturated rings. The lowest BCUT2D eigenvalue weighted by atomic mass is 10.3. The van der Waals surface area contributed by atoms with Crippen molar-refractivity contribution in [1.82, 2.24) is 10.4 Å². The van der Waals surface area contributed by atoms with Crippen LogP contribution >= 0.6 is 0 Å². The molecule has 1 aromatic rings. The lowest BCUT2D eigenvalue weighted by Crippen LogP contribution is -2.26. The van der Waals surface area contributed by atoms with E-state index in [1.807, 2.05) is 12.1 Å². The normalized spacial score (nSPS) is 9.00. The van der Waals surface area contributed by atoms with Crippen LogP contribution in [-0.2, 0) is 6.54 Å². The van der Waals surface area contributed by atoms with E-state index >= 15 is 0 Å². The van der Waals surface area contributed by atoms with Gasteiger partial charge in [0.2, 0.25) is 5.96 Å². The maximum atomic E-state index is 5.11. The number of rotatable bonds is 3. The van der Waals surface area contributed by atoms with Gasteiger partial charge in [-0.1, -0.05) is 0 Å². The Bertz CT molecular complexity index is 252. The van der Waals surface area contributed by atoms with Gasteiger partial charge in [-0.15, -0.1) is 5.10 Å². The van der Waals surface area contributed by atoms with Gasteiger partial charge in [0.15, 0.2) is 0 Å².